The van der Waals surface area contributed by atoms with Crippen molar-refractivity contribution in [3.05, 3.63) is 33.9 Å². The predicted molar refractivity (Wildman–Crippen MR) is 70.3 cm³/mol. The first-order chi connectivity index (χ1) is 8.60. The lowest BCUT2D eigenvalue weighted by Gasteiger charge is -2.14. The van der Waals surface area contributed by atoms with Crippen LogP contribution in [0.3, 0.4) is 0 Å². The van der Waals surface area contributed by atoms with E-state index in [1.165, 1.54) is 13.2 Å². The molecule has 0 amide bonds. The molecule has 2 unspecified atom stereocenters. The van der Waals surface area contributed by atoms with Gasteiger partial charge >= 0.3 is 0 Å². The molecule has 1 aliphatic carbocycles. The van der Waals surface area contributed by atoms with Gasteiger partial charge in [0.25, 0.3) is 5.69 Å². The van der Waals surface area contributed by atoms with E-state index in [0.29, 0.717) is 11.7 Å². The zero-order valence-corrected chi connectivity index (χ0v) is 11.0. The molecule has 0 spiro atoms. The third kappa shape index (κ3) is 2.93. The number of rotatable bonds is 4. The highest BCUT2D eigenvalue weighted by Crippen LogP contribution is 2.34. The van der Waals surface area contributed by atoms with Crippen LogP contribution in [0.15, 0.2) is 18.2 Å². The summed E-state index contributed by atoms with van der Waals surface area (Å²) < 4.78 is 5.10. The Kier molecular flexibility index (Phi) is 4.07. The van der Waals surface area contributed by atoms with Gasteiger partial charge in [0.1, 0.15) is 5.75 Å². The standard InChI is InChI=1S/C13H16ClNO3/c1-18-12-7-9(6-11(8-12)15(16)17)5-10-3-2-4-13(10)14/h6-8,10,13H,2-5H2,1H3. The Morgan fingerprint density at radius 1 is 1.44 bits per heavy atom. The molecular formula is C13H16ClNO3. The van der Waals surface area contributed by atoms with Gasteiger partial charge < -0.3 is 4.74 Å². The third-order valence-electron chi connectivity index (χ3n) is 3.46. The number of hydrogen-bond donors (Lipinski definition) is 0. The second kappa shape index (κ2) is 5.57. The van der Waals surface area contributed by atoms with Crippen LogP contribution < -0.4 is 4.74 Å². The number of non-ortho nitro benzene ring substituents is 1. The molecule has 0 N–H and O–H groups in total. The van der Waals surface area contributed by atoms with Crippen molar-refractivity contribution in [2.24, 2.45) is 5.92 Å². The van der Waals surface area contributed by atoms with Crippen LogP contribution >= 0.6 is 11.6 Å². The highest BCUT2D eigenvalue weighted by atomic mass is 35.5. The average Bonchev–Trinajstić information content (AvgIpc) is 2.74. The van der Waals surface area contributed by atoms with E-state index in [2.05, 4.69) is 0 Å². The SMILES string of the molecule is COc1cc(CC2CCCC2Cl)cc([N+](=O)[O-])c1. The summed E-state index contributed by atoms with van der Waals surface area (Å²) in [6.45, 7) is 0. The van der Waals surface area contributed by atoms with E-state index in [9.17, 15) is 10.1 Å². The maximum absolute atomic E-state index is 10.8. The smallest absolute Gasteiger partial charge is 0.273 e. The van der Waals surface area contributed by atoms with Crippen molar-refractivity contribution in [3.8, 4) is 5.75 Å². The van der Waals surface area contributed by atoms with Crippen molar-refractivity contribution < 1.29 is 9.66 Å². The molecule has 0 heterocycles. The van der Waals surface area contributed by atoms with Gasteiger partial charge in [0.05, 0.1) is 18.1 Å². The van der Waals surface area contributed by atoms with Crippen LogP contribution in [-0.4, -0.2) is 17.4 Å². The summed E-state index contributed by atoms with van der Waals surface area (Å²) in [5, 5.41) is 11.0. The third-order valence-corrected chi connectivity index (χ3v) is 4.04. The number of benzene rings is 1. The zero-order chi connectivity index (χ0) is 13.1. The van der Waals surface area contributed by atoms with Gasteiger partial charge in [-0.3, -0.25) is 10.1 Å². The minimum atomic E-state index is -0.390. The number of nitrogens with zero attached hydrogens (tertiary/aromatic N) is 1. The predicted octanol–water partition coefficient (Wildman–Crippen LogP) is 3.55. The largest absolute Gasteiger partial charge is 0.496 e. The first-order valence-corrected chi connectivity index (χ1v) is 6.50. The monoisotopic (exact) mass is 269 g/mol. The Hall–Kier alpha value is -1.29. The number of halogens is 1. The van der Waals surface area contributed by atoms with Gasteiger partial charge in [0.15, 0.2) is 0 Å². The Bertz CT molecular complexity index is 450. The molecule has 1 aromatic carbocycles. The van der Waals surface area contributed by atoms with Gasteiger partial charge in [0, 0.05) is 11.4 Å². The normalized spacial score (nSPS) is 23.0. The van der Waals surface area contributed by atoms with Crippen LogP contribution in [0.25, 0.3) is 0 Å². The molecule has 4 nitrogen and oxygen atoms in total. The summed E-state index contributed by atoms with van der Waals surface area (Å²) in [6, 6.07) is 4.91. The molecule has 0 saturated heterocycles. The molecule has 1 fully saturated rings. The first-order valence-electron chi connectivity index (χ1n) is 6.06. The Morgan fingerprint density at radius 3 is 2.78 bits per heavy atom. The average molecular weight is 270 g/mol. The van der Waals surface area contributed by atoms with Crippen LogP contribution in [0.4, 0.5) is 5.69 Å². The van der Waals surface area contributed by atoms with Crippen molar-refractivity contribution in [3.63, 3.8) is 0 Å². The lowest BCUT2D eigenvalue weighted by Crippen LogP contribution is -2.10. The fraction of sp³-hybridized carbons (Fsp3) is 0.538. The van der Waals surface area contributed by atoms with Gasteiger partial charge in [0.2, 0.25) is 0 Å². The topological polar surface area (TPSA) is 52.4 Å². The molecular weight excluding hydrogens is 254 g/mol. The first kappa shape index (κ1) is 13.1. The van der Waals surface area contributed by atoms with Crippen LogP contribution in [0.1, 0.15) is 24.8 Å². The number of methoxy groups -OCH3 is 1. The maximum atomic E-state index is 10.8. The van der Waals surface area contributed by atoms with E-state index in [1.54, 1.807) is 6.07 Å². The Morgan fingerprint density at radius 2 is 2.22 bits per heavy atom. The zero-order valence-electron chi connectivity index (χ0n) is 10.3. The lowest BCUT2D eigenvalue weighted by atomic mass is 9.97. The van der Waals surface area contributed by atoms with E-state index < -0.39 is 4.92 Å². The van der Waals surface area contributed by atoms with Crippen LogP contribution in [0.2, 0.25) is 0 Å². The van der Waals surface area contributed by atoms with Crippen molar-refractivity contribution in [1.82, 2.24) is 0 Å². The van der Waals surface area contributed by atoms with E-state index in [4.69, 9.17) is 16.3 Å². The summed E-state index contributed by atoms with van der Waals surface area (Å²) >= 11 is 6.24. The minimum Gasteiger partial charge on any atom is -0.496 e. The molecule has 18 heavy (non-hydrogen) atoms. The number of alkyl halides is 1. The summed E-state index contributed by atoms with van der Waals surface area (Å²) in [7, 11) is 1.52. The van der Waals surface area contributed by atoms with E-state index in [1.807, 2.05) is 6.07 Å². The fourth-order valence-corrected chi connectivity index (χ4v) is 2.88. The van der Waals surface area contributed by atoms with E-state index >= 15 is 0 Å². The molecule has 0 bridgehead atoms. The quantitative estimate of drug-likeness (QED) is 0.477. The fourth-order valence-electron chi connectivity index (χ4n) is 2.51. The molecule has 2 atom stereocenters. The van der Waals surface area contributed by atoms with Crippen molar-refractivity contribution in [2.75, 3.05) is 7.11 Å². The second-order valence-electron chi connectivity index (χ2n) is 4.71. The minimum absolute atomic E-state index is 0.0773. The molecule has 0 aromatic heterocycles. The molecule has 1 aromatic rings. The lowest BCUT2D eigenvalue weighted by molar-refractivity contribution is -0.385. The van der Waals surface area contributed by atoms with Gasteiger partial charge in [-0.1, -0.05) is 6.42 Å². The van der Waals surface area contributed by atoms with E-state index in [0.717, 1.165) is 31.2 Å². The molecule has 1 aliphatic rings. The van der Waals surface area contributed by atoms with Crippen LogP contribution in [-0.2, 0) is 6.42 Å². The summed E-state index contributed by atoms with van der Waals surface area (Å²) in [4.78, 5) is 10.5. The van der Waals surface area contributed by atoms with Crippen molar-refractivity contribution in [1.29, 1.82) is 0 Å². The summed E-state index contributed by atoms with van der Waals surface area (Å²) in [6.07, 6.45) is 4.06. The number of nitro benzene ring substituents is 1. The Balaban J connectivity index is 2.21. The van der Waals surface area contributed by atoms with E-state index in [-0.39, 0.29) is 11.1 Å². The number of ether oxygens (including phenoxy) is 1. The van der Waals surface area contributed by atoms with Gasteiger partial charge in [-0.15, -0.1) is 11.6 Å². The molecule has 0 aliphatic heterocycles. The van der Waals surface area contributed by atoms with Crippen molar-refractivity contribution >= 4 is 17.3 Å². The highest BCUT2D eigenvalue weighted by Gasteiger charge is 2.26. The Labute approximate surface area is 111 Å². The maximum Gasteiger partial charge on any atom is 0.273 e. The molecule has 5 heteroatoms. The molecule has 0 radical (unpaired) electrons. The summed E-state index contributed by atoms with van der Waals surface area (Å²) in [5.74, 6) is 0.946. The number of hydrogen-bond acceptors (Lipinski definition) is 3. The second-order valence-corrected chi connectivity index (χ2v) is 5.27. The van der Waals surface area contributed by atoms with Crippen LogP contribution in [0, 0.1) is 16.0 Å². The van der Waals surface area contributed by atoms with Gasteiger partial charge in [-0.05, 0) is 36.8 Å². The molecule has 2 rings (SSSR count). The molecule has 1 saturated carbocycles. The van der Waals surface area contributed by atoms with Crippen LogP contribution in [0.5, 0.6) is 5.75 Å². The highest BCUT2D eigenvalue weighted by molar-refractivity contribution is 6.20. The number of nitro groups is 1. The van der Waals surface area contributed by atoms with Crippen molar-refractivity contribution in [2.45, 2.75) is 31.1 Å². The molecule has 98 valence electrons. The van der Waals surface area contributed by atoms with Gasteiger partial charge in [-0.25, -0.2) is 0 Å². The summed E-state index contributed by atoms with van der Waals surface area (Å²) in [5.41, 5.74) is 1.01. The van der Waals surface area contributed by atoms with Gasteiger partial charge in [-0.2, -0.15) is 0 Å².